The van der Waals surface area contributed by atoms with Gasteiger partial charge in [0.25, 0.3) is 0 Å². The highest BCUT2D eigenvalue weighted by Crippen LogP contribution is 2.64. The number of rotatable bonds is 15. The van der Waals surface area contributed by atoms with E-state index in [1.807, 2.05) is 6.92 Å². The quantitative estimate of drug-likeness (QED) is 0.102. The average molecular weight is 733 g/mol. The molecule has 21 heteroatoms. The fraction of sp³-hybridized carbons (Fsp3) is 0.682. The first-order valence-corrected chi connectivity index (χ1v) is 12.2. The largest absolute Gasteiger partial charge is 0.492 e. The maximum atomic E-state index is 14.0. The number of esters is 1. The Morgan fingerprint density at radius 3 is 1.58 bits per heavy atom. The fourth-order valence-corrected chi connectivity index (χ4v) is 3.48. The van der Waals surface area contributed by atoms with Crippen LogP contribution in [0, 0.1) is 0 Å². The molecule has 1 aromatic carbocycles. The second-order valence-corrected chi connectivity index (χ2v) is 9.59. The van der Waals surface area contributed by atoms with Gasteiger partial charge in [0.1, 0.15) is 5.75 Å². The Balaban J connectivity index is 3.17. The summed E-state index contributed by atoms with van der Waals surface area (Å²) >= 11 is 2.77. The van der Waals surface area contributed by atoms with E-state index in [4.69, 9.17) is 4.74 Å². The van der Waals surface area contributed by atoms with Gasteiger partial charge in [-0.05, 0) is 40.5 Å². The number of unbranched alkanes of at least 4 members (excludes halogenated alkanes) is 2. The molecule has 0 spiro atoms. The van der Waals surface area contributed by atoms with Gasteiger partial charge >= 0.3 is 53.6 Å². The van der Waals surface area contributed by atoms with Crippen LogP contribution in [0.25, 0.3) is 0 Å². The van der Waals surface area contributed by atoms with Crippen LogP contribution < -0.4 is 4.74 Å². The van der Waals surface area contributed by atoms with Crippen molar-refractivity contribution in [1.29, 1.82) is 0 Å². The highest BCUT2D eigenvalue weighted by molar-refractivity contribution is 9.10. The molecule has 0 N–H and O–H groups in total. The molecule has 0 amide bonds. The Kier molecular flexibility index (Phi) is 11.4. The van der Waals surface area contributed by atoms with Gasteiger partial charge < -0.3 is 9.47 Å². The minimum atomic E-state index is -8.68. The van der Waals surface area contributed by atoms with E-state index in [1.165, 1.54) is 0 Å². The molecule has 250 valence electrons. The maximum Gasteiger partial charge on any atom is 0.460 e. The monoisotopic (exact) mass is 732 g/mol. The zero-order valence-electron chi connectivity index (χ0n) is 21.0. The molecule has 3 nitrogen and oxygen atoms in total. The van der Waals surface area contributed by atoms with E-state index in [-0.39, 0.29) is 16.6 Å². The third-order valence-electron chi connectivity index (χ3n) is 5.61. The Labute approximate surface area is 238 Å². The molecule has 0 aliphatic rings. The van der Waals surface area contributed by atoms with Crippen molar-refractivity contribution < 1.29 is 88.9 Å². The predicted molar refractivity (Wildman–Crippen MR) is 115 cm³/mol. The highest BCUT2D eigenvalue weighted by Gasteiger charge is 2.95. The molecular weight excluding hydrogens is 715 g/mol. The first kappa shape index (κ1) is 38.8. The second-order valence-electron chi connectivity index (χ2n) is 8.74. The lowest BCUT2D eigenvalue weighted by Gasteiger charge is -2.42. The third-order valence-corrected chi connectivity index (χ3v) is 6.23. The summed E-state index contributed by atoms with van der Waals surface area (Å²) in [6.07, 6.45) is -8.53. The van der Waals surface area contributed by atoms with Crippen LogP contribution in [0.2, 0.25) is 0 Å². The zero-order chi connectivity index (χ0) is 34.1. The first-order valence-electron chi connectivity index (χ1n) is 11.4. The van der Waals surface area contributed by atoms with Crippen molar-refractivity contribution in [2.24, 2.45) is 0 Å². The van der Waals surface area contributed by atoms with Gasteiger partial charge in [0, 0.05) is 0 Å². The molecule has 0 bridgehead atoms. The molecule has 1 rings (SSSR count). The van der Waals surface area contributed by atoms with Gasteiger partial charge in [-0.15, -0.1) is 0 Å². The summed E-state index contributed by atoms with van der Waals surface area (Å²) < 4.78 is 236. The summed E-state index contributed by atoms with van der Waals surface area (Å²) in [5.74, 6) is -58.2. The van der Waals surface area contributed by atoms with Crippen LogP contribution in [-0.2, 0) is 4.74 Å². The minimum Gasteiger partial charge on any atom is -0.492 e. The van der Waals surface area contributed by atoms with Crippen molar-refractivity contribution >= 4 is 21.9 Å². The van der Waals surface area contributed by atoms with Crippen LogP contribution in [0.15, 0.2) is 22.7 Å². The fourth-order valence-electron chi connectivity index (χ4n) is 2.99. The molecule has 0 saturated carbocycles. The molecule has 0 aliphatic carbocycles. The van der Waals surface area contributed by atoms with Gasteiger partial charge in [0.05, 0.1) is 29.7 Å². The number of carbonyl (C=O) groups is 1. The van der Waals surface area contributed by atoms with E-state index in [1.54, 1.807) is 0 Å². The Morgan fingerprint density at radius 1 is 0.674 bits per heavy atom. The maximum absolute atomic E-state index is 14.0. The van der Waals surface area contributed by atoms with Gasteiger partial charge in [-0.25, -0.2) is 4.79 Å². The summed E-state index contributed by atoms with van der Waals surface area (Å²) in [6.45, 7) is 0.0633. The topological polar surface area (TPSA) is 35.5 Å². The summed E-state index contributed by atoms with van der Waals surface area (Å²) in [6, 6.07) is 2.73. The third kappa shape index (κ3) is 6.89. The number of ether oxygens (including phenoxy) is 2. The normalized spacial score (nSPS) is 14.6. The molecule has 0 aliphatic heterocycles. The molecule has 1 aromatic rings. The molecule has 0 saturated heterocycles. The van der Waals surface area contributed by atoms with Crippen molar-refractivity contribution in [3.05, 3.63) is 28.2 Å². The van der Waals surface area contributed by atoms with Gasteiger partial charge in [-0.2, -0.15) is 74.6 Å². The molecule has 0 atom stereocenters. The van der Waals surface area contributed by atoms with Crippen LogP contribution >= 0.6 is 15.9 Å². The molecule has 0 aromatic heterocycles. The van der Waals surface area contributed by atoms with E-state index in [9.17, 15) is 79.4 Å². The van der Waals surface area contributed by atoms with E-state index in [2.05, 4.69) is 20.7 Å². The summed E-state index contributed by atoms with van der Waals surface area (Å²) in [5, 5.41) is 0. The minimum absolute atomic E-state index is 0.0177. The number of carbonyl (C=O) groups excluding carboxylic acids is 1. The van der Waals surface area contributed by atoms with Crippen LogP contribution in [-0.4, -0.2) is 66.8 Å². The smallest absolute Gasteiger partial charge is 0.460 e. The lowest BCUT2D eigenvalue weighted by molar-refractivity contribution is -0.461. The molecule has 0 heterocycles. The average Bonchev–Trinajstić information content (AvgIpc) is 2.85. The van der Waals surface area contributed by atoms with E-state index < -0.39 is 72.4 Å². The van der Waals surface area contributed by atoms with E-state index in [0.717, 1.165) is 31.0 Å². The summed E-state index contributed by atoms with van der Waals surface area (Å²) in [7, 11) is 0. The number of benzene rings is 1. The van der Waals surface area contributed by atoms with Gasteiger partial charge in [-0.1, -0.05) is 19.8 Å². The molecule has 0 unspecified atom stereocenters. The van der Waals surface area contributed by atoms with E-state index in [0.29, 0.717) is 6.42 Å². The first-order chi connectivity index (χ1) is 19.1. The lowest BCUT2D eigenvalue weighted by atomic mass is 9.88. The van der Waals surface area contributed by atoms with Gasteiger partial charge in [-0.3, -0.25) is 0 Å². The number of halogens is 18. The van der Waals surface area contributed by atoms with Crippen LogP contribution in [0.4, 0.5) is 74.6 Å². The molecule has 0 radical (unpaired) electrons. The van der Waals surface area contributed by atoms with Crippen LogP contribution in [0.1, 0.15) is 43.0 Å². The van der Waals surface area contributed by atoms with Crippen molar-refractivity contribution in [3.63, 3.8) is 0 Å². The second kappa shape index (κ2) is 12.6. The lowest BCUT2D eigenvalue weighted by Crippen LogP contribution is -2.74. The van der Waals surface area contributed by atoms with Crippen molar-refractivity contribution in [1.82, 2.24) is 0 Å². The van der Waals surface area contributed by atoms with Crippen LogP contribution in [0.3, 0.4) is 0 Å². The predicted octanol–water partition coefficient (Wildman–Crippen LogP) is 9.57. The summed E-state index contributed by atoms with van der Waals surface area (Å²) in [4.78, 5) is 11.9. The van der Waals surface area contributed by atoms with Gasteiger partial charge in [0.15, 0.2) is 0 Å². The van der Waals surface area contributed by atoms with Crippen LogP contribution in [0.5, 0.6) is 5.75 Å². The molecule has 0 fully saturated rings. The Bertz CT molecular complexity index is 1120. The summed E-state index contributed by atoms with van der Waals surface area (Å²) in [5.41, 5.74) is -0.164. The Hall–Kier alpha value is -2.22. The van der Waals surface area contributed by atoms with Crippen molar-refractivity contribution in [2.45, 2.75) is 80.2 Å². The number of alkyl halides is 17. The standard InChI is InChI=1S/C22H18BrF17O3/c1-2-3-4-8-43-14(41)11-5-6-13(12(23)10-11)42-9-7-15(24,25)16(26,27)17(28,29)18(30,31)19(32,33)20(34,35)21(36,37)22(38,39)40/h5-6,10H,2-4,7-9H2,1H3. The van der Waals surface area contributed by atoms with Gasteiger partial charge in [0.2, 0.25) is 0 Å². The molecule has 43 heavy (non-hydrogen) atoms. The number of hydrogen-bond acceptors (Lipinski definition) is 3. The van der Waals surface area contributed by atoms with Crippen molar-refractivity contribution in [2.75, 3.05) is 13.2 Å². The van der Waals surface area contributed by atoms with E-state index >= 15 is 0 Å². The molecular formula is C22H18BrF17O3. The highest BCUT2D eigenvalue weighted by atomic mass is 79.9. The van der Waals surface area contributed by atoms with Crippen molar-refractivity contribution in [3.8, 4) is 5.75 Å². The Morgan fingerprint density at radius 2 is 1.14 bits per heavy atom. The zero-order valence-corrected chi connectivity index (χ0v) is 22.6. The number of hydrogen-bond donors (Lipinski definition) is 0. The SMILES string of the molecule is CCCCCOC(=O)c1ccc(OCCC(F)(F)C(F)(F)C(F)(F)C(F)(F)C(F)(F)C(F)(F)C(F)(F)C(F)(F)F)c(Br)c1.